The molecule has 0 fully saturated rings. The number of nitrogens with zero attached hydrogens (tertiary/aromatic N) is 4. The lowest BCUT2D eigenvalue weighted by Gasteiger charge is -2.18. The summed E-state index contributed by atoms with van der Waals surface area (Å²) >= 11 is 0. The van der Waals surface area contributed by atoms with Crippen LogP contribution in [0.5, 0.6) is 0 Å². The van der Waals surface area contributed by atoms with Gasteiger partial charge in [0.25, 0.3) is 5.91 Å². The molecular formula is C24H20F2N4O. The van der Waals surface area contributed by atoms with Gasteiger partial charge in [0, 0.05) is 18.0 Å². The lowest BCUT2D eigenvalue weighted by Crippen LogP contribution is -2.28. The van der Waals surface area contributed by atoms with E-state index in [-0.39, 0.29) is 13.1 Å². The Hall–Kier alpha value is -3.74. The van der Waals surface area contributed by atoms with Crippen LogP contribution in [0.2, 0.25) is 0 Å². The summed E-state index contributed by atoms with van der Waals surface area (Å²) in [6.45, 7) is 4.52. The van der Waals surface area contributed by atoms with Crippen molar-refractivity contribution in [2.45, 2.75) is 26.9 Å². The number of rotatable bonds is 3. The van der Waals surface area contributed by atoms with Gasteiger partial charge in [-0.1, -0.05) is 12.1 Å². The van der Waals surface area contributed by atoms with Gasteiger partial charge in [0.1, 0.15) is 23.0 Å². The monoisotopic (exact) mass is 418 g/mol. The molecule has 0 saturated carbocycles. The average Bonchev–Trinajstić information content (AvgIpc) is 3.45. The third-order valence-corrected chi connectivity index (χ3v) is 5.78. The number of amides is 1. The molecule has 1 aliphatic heterocycles. The molecule has 0 radical (unpaired) electrons. The highest BCUT2D eigenvalue weighted by molar-refractivity contribution is 5.95. The molecular weight excluding hydrogens is 398 g/mol. The molecule has 0 atom stereocenters. The van der Waals surface area contributed by atoms with Crippen molar-refractivity contribution >= 4 is 5.91 Å². The van der Waals surface area contributed by atoms with Gasteiger partial charge in [-0.15, -0.1) is 0 Å². The second-order valence-electron chi connectivity index (χ2n) is 7.78. The Morgan fingerprint density at radius 1 is 0.935 bits per heavy atom. The smallest absolute Gasteiger partial charge is 0.260 e. The zero-order valence-corrected chi connectivity index (χ0v) is 17.1. The largest absolute Gasteiger partial charge is 0.328 e. The predicted molar refractivity (Wildman–Crippen MR) is 112 cm³/mol. The quantitative estimate of drug-likeness (QED) is 0.484. The van der Waals surface area contributed by atoms with Crippen LogP contribution in [0.15, 0.2) is 60.9 Å². The van der Waals surface area contributed by atoms with Crippen molar-refractivity contribution in [1.29, 1.82) is 0 Å². The molecule has 5 nitrogen and oxygen atoms in total. The third kappa shape index (κ3) is 3.13. The SMILES string of the molecule is Cc1ccc(-n2nc3c(c2-n2cccc2)CN(C(=O)c2c(F)cccc2F)C3)cc1C. The zero-order valence-electron chi connectivity index (χ0n) is 17.1. The van der Waals surface area contributed by atoms with Crippen molar-refractivity contribution in [3.8, 4) is 11.5 Å². The van der Waals surface area contributed by atoms with Crippen LogP contribution in [0.4, 0.5) is 8.78 Å². The Balaban J connectivity index is 1.57. The topological polar surface area (TPSA) is 43.1 Å². The predicted octanol–water partition coefficient (Wildman–Crippen LogP) is 4.71. The normalized spacial score (nSPS) is 13.0. The molecule has 0 unspecified atom stereocenters. The molecule has 0 bridgehead atoms. The van der Waals surface area contributed by atoms with E-state index in [1.54, 1.807) is 0 Å². The molecule has 31 heavy (non-hydrogen) atoms. The Morgan fingerprint density at radius 3 is 2.32 bits per heavy atom. The molecule has 3 heterocycles. The second kappa shape index (κ2) is 7.19. The Bertz CT molecular complexity index is 1290. The lowest BCUT2D eigenvalue weighted by atomic mass is 10.1. The minimum Gasteiger partial charge on any atom is -0.328 e. The summed E-state index contributed by atoms with van der Waals surface area (Å²) in [5.41, 5.74) is 4.30. The van der Waals surface area contributed by atoms with E-state index in [0.29, 0.717) is 5.69 Å². The van der Waals surface area contributed by atoms with Gasteiger partial charge in [-0.2, -0.15) is 5.10 Å². The molecule has 7 heteroatoms. The molecule has 156 valence electrons. The lowest BCUT2D eigenvalue weighted by molar-refractivity contribution is 0.0739. The van der Waals surface area contributed by atoms with E-state index in [1.807, 2.05) is 45.9 Å². The molecule has 5 rings (SSSR count). The summed E-state index contributed by atoms with van der Waals surface area (Å²) in [6, 6.07) is 13.4. The Kier molecular flexibility index (Phi) is 4.46. The van der Waals surface area contributed by atoms with Crippen LogP contribution < -0.4 is 0 Å². The maximum absolute atomic E-state index is 14.2. The molecule has 0 aliphatic carbocycles. The van der Waals surface area contributed by atoms with E-state index in [9.17, 15) is 13.6 Å². The van der Waals surface area contributed by atoms with Crippen LogP contribution >= 0.6 is 0 Å². The minimum absolute atomic E-state index is 0.189. The number of aromatic nitrogens is 3. The van der Waals surface area contributed by atoms with Crippen molar-refractivity contribution < 1.29 is 13.6 Å². The molecule has 0 spiro atoms. The van der Waals surface area contributed by atoms with Gasteiger partial charge in [-0.25, -0.2) is 13.5 Å². The van der Waals surface area contributed by atoms with Crippen molar-refractivity contribution in [2.75, 3.05) is 0 Å². The standard InChI is InChI=1S/C24H20F2N4O/c1-15-8-9-17(12-16(15)2)30-23(28-10-3-4-11-28)18-13-29(14-21(18)27-30)24(31)22-19(25)6-5-7-20(22)26/h3-12H,13-14H2,1-2H3. The van der Waals surface area contributed by atoms with Crippen molar-refractivity contribution in [3.63, 3.8) is 0 Å². The van der Waals surface area contributed by atoms with E-state index in [2.05, 4.69) is 19.9 Å². The van der Waals surface area contributed by atoms with Crippen LogP contribution in [0.25, 0.3) is 11.5 Å². The van der Waals surface area contributed by atoms with E-state index >= 15 is 0 Å². The van der Waals surface area contributed by atoms with Crippen LogP contribution in [0.1, 0.15) is 32.7 Å². The second-order valence-corrected chi connectivity index (χ2v) is 7.78. The maximum Gasteiger partial charge on any atom is 0.260 e. The van der Waals surface area contributed by atoms with Gasteiger partial charge >= 0.3 is 0 Å². The number of halogens is 2. The fourth-order valence-electron chi connectivity index (χ4n) is 3.98. The summed E-state index contributed by atoms with van der Waals surface area (Å²) < 4.78 is 32.1. The molecule has 1 aliphatic rings. The average molecular weight is 418 g/mol. The van der Waals surface area contributed by atoms with E-state index in [4.69, 9.17) is 5.10 Å². The minimum atomic E-state index is -0.861. The summed E-state index contributed by atoms with van der Waals surface area (Å²) in [5, 5.41) is 4.77. The summed E-state index contributed by atoms with van der Waals surface area (Å²) in [7, 11) is 0. The molecule has 2 aromatic carbocycles. The highest BCUT2D eigenvalue weighted by Crippen LogP contribution is 2.32. The zero-order chi connectivity index (χ0) is 21.7. The van der Waals surface area contributed by atoms with Crippen LogP contribution in [-0.2, 0) is 13.1 Å². The fourth-order valence-corrected chi connectivity index (χ4v) is 3.98. The van der Waals surface area contributed by atoms with Gasteiger partial charge in [-0.05, 0) is 61.4 Å². The number of carbonyl (C=O) groups excluding carboxylic acids is 1. The van der Waals surface area contributed by atoms with Gasteiger partial charge < -0.3 is 9.47 Å². The third-order valence-electron chi connectivity index (χ3n) is 5.78. The number of hydrogen-bond donors (Lipinski definition) is 0. The van der Waals surface area contributed by atoms with Crippen molar-refractivity contribution in [3.05, 3.63) is 101 Å². The first-order valence-electron chi connectivity index (χ1n) is 9.99. The summed E-state index contributed by atoms with van der Waals surface area (Å²) in [6.07, 6.45) is 3.83. The van der Waals surface area contributed by atoms with E-state index < -0.39 is 23.1 Å². The first-order chi connectivity index (χ1) is 14.9. The molecule has 1 amide bonds. The first-order valence-corrected chi connectivity index (χ1v) is 9.99. The first kappa shape index (κ1) is 19.2. The molecule has 0 saturated heterocycles. The van der Waals surface area contributed by atoms with Gasteiger partial charge in [0.15, 0.2) is 0 Å². The number of benzene rings is 2. The van der Waals surface area contributed by atoms with Gasteiger partial charge in [-0.3, -0.25) is 4.79 Å². The highest BCUT2D eigenvalue weighted by atomic mass is 19.1. The Morgan fingerprint density at radius 2 is 1.65 bits per heavy atom. The van der Waals surface area contributed by atoms with Gasteiger partial charge in [0.2, 0.25) is 0 Å². The maximum atomic E-state index is 14.2. The van der Waals surface area contributed by atoms with Crippen molar-refractivity contribution in [1.82, 2.24) is 19.2 Å². The summed E-state index contributed by atoms with van der Waals surface area (Å²) in [4.78, 5) is 14.3. The highest BCUT2D eigenvalue weighted by Gasteiger charge is 2.33. The fraction of sp³-hybridized carbons (Fsp3) is 0.167. The molecule has 4 aromatic rings. The van der Waals surface area contributed by atoms with Crippen LogP contribution in [0.3, 0.4) is 0 Å². The number of carbonyl (C=O) groups is 1. The van der Waals surface area contributed by atoms with Crippen molar-refractivity contribution in [2.24, 2.45) is 0 Å². The Labute approximate surface area is 178 Å². The molecule has 0 N–H and O–H groups in total. The number of hydrogen-bond acceptors (Lipinski definition) is 2. The number of fused-ring (bicyclic) bond motifs is 1. The van der Waals surface area contributed by atoms with Crippen LogP contribution in [-0.4, -0.2) is 25.2 Å². The van der Waals surface area contributed by atoms with Gasteiger partial charge in [0.05, 0.1) is 24.5 Å². The summed E-state index contributed by atoms with van der Waals surface area (Å²) in [5.74, 6) is -1.59. The van der Waals surface area contributed by atoms with E-state index in [0.717, 1.165) is 34.8 Å². The van der Waals surface area contributed by atoms with Crippen LogP contribution in [0, 0.1) is 25.5 Å². The van der Waals surface area contributed by atoms with E-state index in [1.165, 1.54) is 16.5 Å². The molecule has 2 aromatic heterocycles. The number of aryl methyl sites for hydroxylation is 2.